The lowest BCUT2D eigenvalue weighted by molar-refractivity contribution is 1.19. The van der Waals surface area contributed by atoms with Crippen LogP contribution in [-0.4, -0.2) is 18.8 Å². The van der Waals surface area contributed by atoms with Crippen LogP contribution >= 0.6 is 0 Å². The predicted octanol–water partition coefficient (Wildman–Crippen LogP) is 4.39. The lowest BCUT2D eigenvalue weighted by atomic mass is 10.1. The van der Waals surface area contributed by atoms with Gasteiger partial charge in [0.2, 0.25) is 0 Å². The summed E-state index contributed by atoms with van der Waals surface area (Å²) in [7, 11) is 0. The van der Waals surface area contributed by atoms with Crippen LogP contribution in [-0.2, 0) is 0 Å². The van der Waals surface area contributed by atoms with E-state index in [1.807, 2.05) is 35.0 Å². The summed E-state index contributed by atoms with van der Waals surface area (Å²) < 4.78 is 4.28. The lowest BCUT2D eigenvalue weighted by Crippen LogP contribution is -1.80. The second-order valence-electron chi connectivity index (χ2n) is 6.05. The Kier molecular flexibility index (Phi) is 2.07. The lowest BCUT2D eigenvalue weighted by Gasteiger charge is -1.93. The van der Waals surface area contributed by atoms with Crippen LogP contribution in [0.5, 0.6) is 0 Å². The molecule has 0 radical (unpaired) electrons. The monoisotopic (exact) mass is 308 g/mol. The first-order valence-electron chi connectivity index (χ1n) is 7.95. The first kappa shape index (κ1) is 12.1. The van der Waals surface area contributed by atoms with Gasteiger partial charge in [-0.05, 0) is 24.3 Å². The maximum atomic E-state index is 4.88. The number of aromatic nitrogens is 4. The highest BCUT2D eigenvalue weighted by molar-refractivity contribution is 6.13. The van der Waals surface area contributed by atoms with Crippen LogP contribution in [0.3, 0.4) is 0 Å². The van der Waals surface area contributed by atoms with Gasteiger partial charge in [0.25, 0.3) is 0 Å². The molecule has 5 heterocycles. The van der Waals surface area contributed by atoms with Crippen LogP contribution in [0.15, 0.2) is 73.1 Å². The van der Waals surface area contributed by atoms with Gasteiger partial charge in [-0.3, -0.25) is 4.40 Å². The van der Waals surface area contributed by atoms with Crippen molar-refractivity contribution in [1.82, 2.24) is 18.8 Å². The summed E-state index contributed by atoms with van der Waals surface area (Å²) in [5.41, 5.74) is 6.08. The zero-order valence-corrected chi connectivity index (χ0v) is 12.7. The normalized spacial score (nSPS) is 12.2. The van der Waals surface area contributed by atoms with Crippen LogP contribution in [0.25, 0.3) is 44.5 Å². The van der Waals surface area contributed by atoms with Gasteiger partial charge in [0, 0.05) is 23.2 Å². The molecule has 5 aromatic heterocycles. The summed E-state index contributed by atoms with van der Waals surface area (Å²) in [5.74, 6) is 0. The fourth-order valence-electron chi connectivity index (χ4n) is 3.69. The van der Waals surface area contributed by atoms with Crippen LogP contribution in [0.4, 0.5) is 0 Å². The molecule has 0 bridgehead atoms. The number of fused-ring (bicyclic) bond motifs is 4. The molecular formula is C20H12N4. The van der Waals surface area contributed by atoms with E-state index in [9.17, 15) is 0 Å². The van der Waals surface area contributed by atoms with E-state index in [1.54, 1.807) is 0 Å². The topological polar surface area (TPSA) is 34.6 Å². The largest absolute Gasteiger partial charge is 0.306 e. The second kappa shape index (κ2) is 4.11. The molecule has 0 fully saturated rings. The minimum Gasteiger partial charge on any atom is -0.306 e. The Morgan fingerprint density at radius 3 is 2.46 bits per heavy atom. The third kappa shape index (κ3) is 1.38. The molecule has 0 saturated heterocycles. The van der Waals surface area contributed by atoms with E-state index in [4.69, 9.17) is 9.97 Å². The summed E-state index contributed by atoms with van der Waals surface area (Å²) in [6.07, 6.45) is 4.06. The van der Waals surface area contributed by atoms with Crippen molar-refractivity contribution in [2.45, 2.75) is 0 Å². The molecule has 0 aliphatic rings. The van der Waals surface area contributed by atoms with Crippen molar-refractivity contribution in [3.8, 4) is 11.4 Å². The van der Waals surface area contributed by atoms with E-state index in [0.717, 1.165) is 28.2 Å². The highest BCUT2D eigenvalue weighted by atomic mass is 15.1. The number of hydrogen-bond acceptors (Lipinski definition) is 2. The minimum atomic E-state index is 0.905. The summed E-state index contributed by atoms with van der Waals surface area (Å²) in [6.45, 7) is 0. The molecular weight excluding hydrogens is 296 g/mol. The van der Waals surface area contributed by atoms with E-state index in [2.05, 4.69) is 46.9 Å². The highest BCUT2D eigenvalue weighted by Crippen LogP contribution is 2.36. The van der Waals surface area contributed by atoms with Gasteiger partial charge in [0.1, 0.15) is 22.7 Å². The third-order valence-electron chi connectivity index (χ3n) is 4.71. The van der Waals surface area contributed by atoms with Gasteiger partial charge in [-0.2, -0.15) is 0 Å². The summed E-state index contributed by atoms with van der Waals surface area (Å²) in [4.78, 5) is 9.65. The van der Waals surface area contributed by atoms with E-state index in [1.165, 1.54) is 16.3 Å². The highest BCUT2D eigenvalue weighted by Gasteiger charge is 2.19. The average molecular weight is 308 g/mol. The van der Waals surface area contributed by atoms with E-state index in [0.29, 0.717) is 0 Å². The van der Waals surface area contributed by atoms with Gasteiger partial charge in [0.05, 0.1) is 11.0 Å². The van der Waals surface area contributed by atoms with E-state index >= 15 is 0 Å². The first-order valence-corrected chi connectivity index (χ1v) is 7.95. The second-order valence-corrected chi connectivity index (χ2v) is 6.05. The molecule has 0 unspecified atom stereocenters. The minimum absolute atomic E-state index is 0.905. The number of nitrogens with zero attached hydrogens (tertiary/aromatic N) is 4. The number of imidazole rings is 2. The first-order chi connectivity index (χ1) is 11.9. The Hall–Kier alpha value is -3.40. The fraction of sp³-hybridized carbons (Fsp3) is 0. The fourth-order valence-corrected chi connectivity index (χ4v) is 3.69. The third-order valence-corrected chi connectivity index (χ3v) is 4.71. The molecule has 112 valence electrons. The quantitative estimate of drug-likeness (QED) is 0.451. The standard InChI is InChI=1S/C20H12N4/c1-2-7-14-13(6-1)16-8-5-10-18-22-19(20(14)24(16)18)15-12-23-11-4-3-9-17(23)21-15/h1-12H. The van der Waals surface area contributed by atoms with Crippen molar-refractivity contribution in [3.63, 3.8) is 0 Å². The van der Waals surface area contributed by atoms with Crippen molar-refractivity contribution in [1.29, 1.82) is 0 Å². The maximum Gasteiger partial charge on any atom is 0.138 e. The summed E-state index contributed by atoms with van der Waals surface area (Å²) in [6, 6.07) is 20.8. The Bertz CT molecular complexity index is 1320. The summed E-state index contributed by atoms with van der Waals surface area (Å²) in [5, 5.41) is 2.48. The number of benzene rings is 1. The molecule has 0 aliphatic heterocycles. The molecule has 0 amide bonds. The van der Waals surface area contributed by atoms with Crippen molar-refractivity contribution in [3.05, 3.63) is 73.1 Å². The number of hydrogen-bond donors (Lipinski definition) is 0. The van der Waals surface area contributed by atoms with Crippen LogP contribution in [0.2, 0.25) is 0 Å². The molecule has 6 rings (SSSR count). The van der Waals surface area contributed by atoms with Crippen LogP contribution in [0.1, 0.15) is 0 Å². The van der Waals surface area contributed by atoms with Crippen molar-refractivity contribution < 1.29 is 0 Å². The smallest absolute Gasteiger partial charge is 0.138 e. The Balaban J connectivity index is 1.83. The molecule has 24 heavy (non-hydrogen) atoms. The van der Waals surface area contributed by atoms with Crippen LogP contribution in [0, 0.1) is 0 Å². The molecule has 4 heteroatoms. The van der Waals surface area contributed by atoms with Gasteiger partial charge in [-0.1, -0.05) is 36.4 Å². The Morgan fingerprint density at radius 2 is 1.54 bits per heavy atom. The molecule has 0 saturated carbocycles. The van der Waals surface area contributed by atoms with Crippen LogP contribution < -0.4 is 0 Å². The molecule has 1 aromatic carbocycles. The molecule has 6 aromatic rings. The van der Waals surface area contributed by atoms with Gasteiger partial charge >= 0.3 is 0 Å². The maximum absolute atomic E-state index is 4.88. The van der Waals surface area contributed by atoms with Crippen molar-refractivity contribution in [2.75, 3.05) is 0 Å². The molecule has 0 aliphatic carbocycles. The van der Waals surface area contributed by atoms with Crippen molar-refractivity contribution >= 4 is 33.1 Å². The van der Waals surface area contributed by atoms with Gasteiger partial charge < -0.3 is 4.40 Å². The van der Waals surface area contributed by atoms with E-state index < -0.39 is 0 Å². The molecule has 0 N–H and O–H groups in total. The van der Waals surface area contributed by atoms with Gasteiger partial charge in [-0.25, -0.2) is 9.97 Å². The Morgan fingerprint density at radius 1 is 0.708 bits per heavy atom. The van der Waals surface area contributed by atoms with Gasteiger partial charge in [0.15, 0.2) is 0 Å². The molecule has 0 atom stereocenters. The van der Waals surface area contributed by atoms with E-state index in [-0.39, 0.29) is 0 Å². The predicted molar refractivity (Wildman–Crippen MR) is 95.6 cm³/mol. The zero-order chi connectivity index (χ0) is 15.7. The summed E-state index contributed by atoms with van der Waals surface area (Å²) >= 11 is 0. The molecule has 0 spiro atoms. The number of rotatable bonds is 1. The molecule has 4 nitrogen and oxygen atoms in total. The SMILES string of the molecule is c1ccc2c(c1)c1cccc3nc(-c4cn5ccccc5n4)c2n31. The van der Waals surface area contributed by atoms with Gasteiger partial charge in [-0.15, -0.1) is 0 Å². The Labute approximate surface area is 137 Å². The average Bonchev–Trinajstić information content (AvgIpc) is 3.30. The number of pyridine rings is 2. The zero-order valence-electron chi connectivity index (χ0n) is 12.7. The van der Waals surface area contributed by atoms with Crippen molar-refractivity contribution in [2.24, 2.45) is 0 Å².